The van der Waals surface area contributed by atoms with Crippen molar-refractivity contribution in [3.8, 4) is 17.6 Å². The van der Waals surface area contributed by atoms with E-state index in [0.717, 1.165) is 0 Å². The van der Waals surface area contributed by atoms with Gasteiger partial charge in [0.25, 0.3) is 11.8 Å². The minimum absolute atomic E-state index is 0.0338. The third-order valence-corrected chi connectivity index (χ3v) is 2.87. The summed E-state index contributed by atoms with van der Waals surface area (Å²) in [5.41, 5.74) is 0.0418. The highest BCUT2D eigenvalue weighted by Crippen LogP contribution is 2.27. The molecule has 2 aromatic heterocycles. The lowest BCUT2D eigenvalue weighted by Gasteiger charge is -2.02. The lowest BCUT2D eigenvalue weighted by atomic mass is 10.3. The molecule has 0 atom stereocenters. The van der Waals surface area contributed by atoms with E-state index in [1.54, 1.807) is 25.1 Å². The van der Waals surface area contributed by atoms with Crippen molar-refractivity contribution in [2.24, 2.45) is 0 Å². The number of furan rings is 1. The third-order valence-electron chi connectivity index (χ3n) is 2.87. The number of nitrogens with zero attached hydrogens (tertiary/aromatic N) is 1. The van der Waals surface area contributed by atoms with Crippen molar-refractivity contribution >= 4 is 11.9 Å². The van der Waals surface area contributed by atoms with Gasteiger partial charge in [-0.3, -0.25) is 4.79 Å². The molecule has 0 saturated heterocycles. The van der Waals surface area contributed by atoms with E-state index in [9.17, 15) is 9.59 Å². The number of carbonyl (C=O) groups excluding carboxylic acids is 2. The number of oxazole rings is 1. The summed E-state index contributed by atoms with van der Waals surface area (Å²) >= 11 is 0. The molecule has 0 aromatic carbocycles. The van der Waals surface area contributed by atoms with Crippen molar-refractivity contribution in [3.05, 3.63) is 36.2 Å². The Hall–Kier alpha value is -3.03. The molecular weight excluding hydrogens is 316 g/mol. The van der Waals surface area contributed by atoms with Gasteiger partial charge in [0.2, 0.25) is 5.69 Å². The van der Waals surface area contributed by atoms with Crippen LogP contribution in [-0.4, -0.2) is 37.1 Å². The van der Waals surface area contributed by atoms with Crippen LogP contribution in [0.1, 0.15) is 23.8 Å². The summed E-state index contributed by atoms with van der Waals surface area (Å²) in [7, 11) is 1.30. The fraction of sp³-hybridized carbons (Fsp3) is 0.312. The van der Waals surface area contributed by atoms with Gasteiger partial charge in [-0.2, -0.15) is 4.98 Å². The maximum atomic E-state index is 12.2. The molecule has 128 valence electrons. The number of esters is 1. The Morgan fingerprint density at radius 2 is 2.25 bits per heavy atom. The molecule has 0 fully saturated rings. The Morgan fingerprint density at radius 3 is 2.92 bits per heavy atom. The molecule has 0 spiro atoms. The van der Waals surface area contributed by atoms with Crippen LogP contribution in [0.2, 0.25) is 0 Å². The summed E-state index contributed by atoms with van der Waals surface area (Å²) in [6.45, 7) is 2.42. The lowest BCUT2D eigenvalue weighted by molar-refractivity contribution is -0.134. The van der Waals surface area contributed by atoms with Crippen LogP contribution in [0.5, 0.6) is 5.95 Å². The number of hydrogen-bond acceptors (Lipinski definition) is 7. The van der Waals surface area contributed by atoms with Crippen molar-refractivity contribution in [3.63, 3.8) is 0 Å². The number of rotatable bonds is 8. The number of nitrogens with one attached hydrogen (secondary N) is 1. The molecule has 0 aliphatic carbocycles. The average molecular weight is 334 g/mol. The Bertz CT molecular complexity index is 702. The second-order valence-corrected chi connectivity index (χ2v) is 4.54. The van der Waals surface area contributed by atoms with Crippen LogP contribution in [0.25, 0.3) is 11.7 Å². The van der Waals surface area contributed by atoms with Crippen LogP contribution >= 0.6 is 0 Å². The molecule has 0 aliphatic heterocycles. The highest BCUT2D eigenvalue weighted by atomic mass is 16.6. The zero-order chi connectivity index (χ0) is 17.4. The number of aromatic nitrogens is 1. The van der Waals surface area contributed by atoms with Gasteiger partial charge in [0.05, 0.1) is 20.0 Å². The maximum Gasteiger partial charge on any atom is 0.330 e. The van der Waals surface area contributed by atoms with Crippen LogP contribution in [0.15, 0.2) is 39.4 Å². The first-order valence-electron chi connectivity index (χ1n) is 7.35. The molecule has 0 radical (unpaired) electrons. The first-order chi connectivity index (χ1) is 11.7. The van der Waals surface area contributed by atoms with Crippen LogP contribution in [-0.2, 0) is 9.53 Å². The van der Waals surface area contributed by atoms with Gasteiger partial charge < -0.3 is 23.6 Å². The molecule has 2 aromatic rings. The molecule has 0 aliphatic rings. The molecule has 0 bridgehead atoms. The normalized spacial score (nSPS) is 10.8. The molecule has 2 heterocycles. The summed E-state index contributed by atoms with van der Waals surface area (Å²) in [5.74, 6) is -0.285. The minimum Gasteiger partial charge on any atom is -0.466 e. The van der Waals surface area contributed by atoms with Gasteiger partial charge in [-0.05, 0) is 25.5 Å². The van der Waals surface area contributed by atoms with E-state index < -0.39 is 11.9 Å². The van der Waals surface area contributed by atoms with Crippen LogP contribution in [0.3, 0.4) is 0 Å². The summed E-state index contributed by atoms with van der Waals surface area (Å²) in [4.78, 5) is 27.3. The van der Waals surface area contributed by atoms with Gasteiger partial charge in [-0.1, -0.05) is 6.08 Å². The topological polar surface area (TPSA) is 104 Å². The number of hydrogen-bond donors (Lipinski definition) is 1. The Kier molecular flexibility index (Phi) is 6.18. The summed E-state index contributed by atoms with van der Waals surface area (Å²) in [6.07, 6.45) is 4.84. The predicted octanol–water partition coefficient (Wildman–Crippen LogP) is 2.18. The fourth-order valence-electron chi connectivity index (χ4n) is 1.78. The second kappa shape index (κ2) is 8.56. The van der Waals surface area contributed by atoms with Gasteiger partial charge in [-0.25, -0.2) is 4.79 Å². The lowest BCUT2D eigenvalue weighted by Crippen LogP contribution is -2.25. The standard InChI is InChI=1S/C16H18N2O6/c1-3-22-16-13(18-15(24-16)11-7-6-10-23-11)14(20)17-9-5-4-8-12(19)21-2/h4,6-8,10H,3,5,9H2,1-2H3,(H,17,20)/b8-4+. The van der Waals surface area contributed by atoms with E-state index in [1.165, 1.54) is 19.4 Å². The summed E-state index contributed by atoms with van der Waals surface area (Å²) in [6, 6.07) is 3.36. The van der Waals surface area contributed by atoms with Crippen molar-refractivity contribution in [1.29, 1.82) is 0 Å². The van der Waals surface area contributed by atoms with Crippen molar-refractivity contribution in [2.75, 3.05) is 20.3 Å². The van der Waals surface area contributed by atoms with E-state index in [2.05, 4.69) is 15.0 Å². The molecule has 24 heavy (non-hydrogen) atoms. The SMILES string of the molecule is CCOc1oc(-c2ccco2)nc1C(=O)NCC/C=C/C(=O)OC. The maximum absolute atomic E-state index is 12.2. The zero-order valence-electron chi connectivity index (χ0n) is 13.4. The number of carbonyl (C=O) groups is 2. The zero-order valence-corrected chi connectivity index (χ0v) is 13.4. The molecule has 2 rings (SSSR count). The van der Waals surface area contributed by atoms with Crippen LogP contribution in [0.4, 0.5) is 0 Å². The van der Waals surface area contributed by atoms with E-state index in [4.69, 9.17) is 13.6 Å². The first-order valence-corrected chi connectivity index (χ1v) is 7.35. The number of amides is 1. The van der Waals surface area contributed by atoms with E-state index in [-0.39, 0.29) is 17.5 Å². The van der Waals surface area contributed by atoms with Gasteiger partial charge in [0.1, 0.15) is 0 Å². The molecule has 0 saturated carbocycles. The van der Waals surface area contributed by atoms with E-state index in [1.807, 2.05) is 0 Å². The van der Waals surface area contributed by atoms with Crippen molar-refractivity contribution < 1.29 is 27.9 Å². The van der Waals surface area contributed by atoms with E-state index >= 15 is 0 Å². The highest BCUT2D eigenvalue weighted by Gasteiger charge is 2.23. The molecule has 8 heteroatoms. The summed E-state index contributed by atoms with van der Waals surface area (Å²) < 4.78 is 20.4. The van der Waals surface area contributed by atoms with Crippen LogP contribution in [0, 0.1) is 0 Å². The average Bonchev–Trinajstić information content (AvgIpc) is 3.23. The first kappa shape index (κ1) is 17.3. The Labute approximate surface area is 138 Å². The monoisotopic (exact) mass is 334 g/mol. The van der Waals surface area contributed by atoms with Gasteiger partial charge in [-0.15, -0.1) is 0 Å². The van der Waals surface area contributed by atoms with Crippen molar-refractivity contribution in [2.45, 2.75) is 13.3 Å². The van der Waals surface area contributed by atoms with Gasteiger partial charge in [0, 0.05) is 12.6 Å². The summed E-state index contributed by atoms with van der Waals surface area (Å²) in [5, 5.41) is 2.67. The Balaban J connectivity index is 2.00. The van der Waals surface area contributed by atoms with Gasteiger partial charge in [0.15, 0.2) is 5.76 Å². The largest absolute Gasteiger partial charge is 0.466 e. The molecule has 1 amide bonds. The number of ether oxygens (including phenoxy) is 2. The fourth-order valence-corrected chi connectivity index (χ4v) is 1.78. The number of methoxy groups -OCH3 is 1. The third kappa shape index (κ3) is 4.48. The quantitative estimate of drug-likeness (QED) is 0.448. The van der Waals surface area contributed by atoms with E-state index in [0.29, 0.717) is 25.3 Å². The Morgan fingerprint density at radius 1 is 1.42 bits per heavy atom. The molecule has 0 unspecified atom stereocenters. The minimum atomic E-state index is -0.445. The highest BCUT2D eigenvalue weighted by molar-refractivity contribution is 5.94. The smallest absolute Gasteiger partial charge is 0.330 e. The predicted molar refractivity (Wildman–Crippen MR) is 83.5 cm³/mol. The van der Waals surface area contributed by atoms with Crippen molar-refractivity contribution in [1.82, 2.24) is 10.3 Å². The van der Waals surface area contributed by atoms with Crippen LogP contribution < -0.4 is 10.1 Å². The molecule has 8 nitrogen and oxygen atoms in total. The van der Waals surface area contributed by atoms with Gasteiger partial charge >= 0.3 is 11.9 Å². The molecule has 1 N–H and O–H groups in total. The second-order valence-electron chi connectivity index (χ2n) is 4.54. The molecular formula is C16H18N2O6.